The molecule has 0 bridgehead atoms. The molecule has 1 N–H and O–H groups in total. The first kappa shape index (κ1) is 13.6. The Kier molecular flexibility index (Phi) is 4.38. The molecular weight excluding hydrogens is 318 g/mol. The van der Waals surface area contributed by atoms with Crippen LogP contribution in [0.5, 0.6) is 0 Å². The molecule has 1 aromatic carbocycles. The molecule has 2 aromatic rings. The fraction of sp³-hybridized carbons (Fsp3) is 0.400. The van der Waals surface area contributed by atoms with Gasteiger partial charge in [-0.05, 0) is 30.5 Å². The van der Waals surface area contributed by atoms with Crippen molar-refractivity contribution in [1.82, 2.24) is 9.78 Å². The van der Waals surface area contributed by atoms with Crippen LogP contribution in [0.1, 0.15) is 18.4 Å². The average molecular weight is 336 g/mol. The predicted octanol–water partition coefficient (Wildman–Crippen LogP) is 3.44. The maximum absolute atomic E-state index is 5.62. The van der Waals surface area contributed by atoms with Crippen molar-refractivity contribution in [1.29, 1.82) is 0 Å². The molecule has 1 atom stereocenters. The van der Waals surface area contributed by atoms with Gasteiger partial charge in [0.2, 0.25) is 0 Å². The normalized spacial score (nSPS) is 18.4. The minimum absolute atomic E-state index is 0.327. The van der Waals surface area contributed by atoms with E-state index in [-0.39, 0.29) is 0 Å². The highest BCUT2D eigenvalue weighted by Gasteiger charge is 2.16. The number of hydrogen-bond acceptors (Lipinski definition) is 3. The van der Waals surface area contributed by atoms with E-state index in [1.165, 1.54) is 12.0 Å². The van der Waals surface area contributed by atoms with Crippen LogP contribution >= 0.6 is 15.9 Å². The van der Waals surface area contributed by atoms with Gasteiger partial charge >= 0.3 is 0 Å². The molecule has 1 fully saturated rings. The van der Waals surface area contributed by atoms with Crippen LogP contribution in [0.2, 0.25) is 0 Å². The molecule has 1 aliphatic rings. The zero-order valence-electron chi connectivity index (χ0n) is 11.3. The van der Waals surface area contributed by atoms with Crippen molar-refractivity contribution < 1.29 is 4.74 Å². The zero-order valence-corrected chi connectivity index (χ0v) is 12.8. The van der Waals surface area contributed by atoms with Crippen molar-refractivity contribution in [3.63, 3.8) is 0 Å². The van der Waals surface area contributed by atoms with Gasteiger partial charge in [0.05, 0.1) is 24.5 Å². The number of halogens is 1. The molecule has 1 aromatic heterocycles. The molecule has 5 heteroatoms. The lowest BCUT2D eigenvalue weighted by Crippen LogP contribution is -2.15. The molecule has 4 nitrogen and oxygen atoms in total. The molecule has 106 valence electrons. The van der Waals surface area contributed by atoms with Gasteiger partial charge in [-0.25, -0.2) is 0 Å². The van der Waals surface area contributed by atoms with Gasteiger partial charge in [0.15, 0.2) is 0 Å². The maximum Gasteiger partial charge on any atom is 0.0771 e. The molecule has 1 saturated heterocycles. The summed E-state index contributed by atoms with van der Waals surface area (Å²) in [5, 5.41) is 7.76. The van der Waals surface area contributed by atoms with Crippen LogP contribution in [0.3, 0.4) is 0 Å². The van der Waals surface area contributed by atoms with Crippen molar-refractivity contribution in [2.45, 2.75) is 32.0 Å². The van der Waals surface area contributed by atoms with Crippen molar-refractivity contribution >= 4 is 21.6 Å². The minimum Gasteiger partial charge on any atom is -0.378 e. The Morgan fingerprint density at radius 3 is 3.20 bits per heavy atom. The monoisotopic (exact) mass is 335 g/mol. The highest BCUT2D eigenvalue weighted by Crippen LogP contribution is 2.16. The molecule has 1 aliphatic heterocycles. The standard InChI is InChI=1S/C15H18BrN3O/c16-13-4-1-3-12(7-13)8-17-14-9-18-19(10-14)11-15-5-2-6-20-15/h1,3-4,7,9-10,15,17H,2,5-6,8,11H2. The zero-order chi connectivity index (χ0) is 13.8. The lowest BCUT2D eigenvalue weighted by Gasteiger charge is -2.08. The summed E-state index contributed by atoms with van der Waals surface area (Å²) >= 11 is 3.48. The average Bonchev–Trinajstić information content (AvgIpc) is 3.09. The molecule has 0 radical (unpaired) electrons. The molecule has 2 heterocycles. The summed E-state index contributed by atoms with van der Waals surface area (Å²) in [5.41, 5.74) is 2.29. The van der Waals surface area contributed by atoms with E-state index >= 15 is 0 Å². The molecular formula is C15H18BrN3O. The highest BCUT2D eigenvalue weighted by molar-refractivity contribution is 9.10. The van der Waals surface area contributed by atoms with E-state index in [0.717, 1.165) is 36.3 Å². The van der Waals surface area contributed by atoms with E-state index < -0.39 is 0 Å². The van der Waals surface area contributed by atoms with Crippen molar-refractivity contribution in [3.05, 3.63) is 46.7 Å². The van der Waals surface area contributed by atoms with Gasteiger partial charge in [0, 0.05) is 23.8 Å². The number of rotatable bonds is 5. The van der Waals surface area contributed by atoms with Crippen LogP contribution in [0, 0.1) is 0 Å². The molecule has 1 unspecified atom stereocenters. The van der Waals surface area contributed by atoms with E-state index in [9.17, 15) is 0 Å². The summed E-state index contributed by atoms with van der Waals surface area (Å²) in [6.07, 6.45) is 6.54. The van der Waals surface area contributed by atoms with Gasteiger partial charge in [-0.2, -0.15) is 5.10 Å². The van der Waals surface area contributed by atoms with E-state index in [4.69, 9.17) is 4.74 Å². The summed E-state index contributed by atoms with van der Waals surface area (Å²) in [7, 11) is 0. The van der Waals surface area contributed by atoms with Crippen LogP contribution in [-0.2, 0) is 17.8 Å². The van der Waals surface area contributed by atoms with Crippen molar-refractivity contribution in [2.75, 3.05) is 11.9 Å². The Hall–Kier alpha value is -1.33. The summed E-state index contributed by atoms with van der Waals surface area (Å²) in [4.78, 5) is 0. The van der Waals surface area contributed by atoms with Gasteiger partial charge in [0.25, 0.3) is 0 Å². The summed E-state index contributed by atoms with van der Waals surface area (Å²) < 4.78 is 8.68. The number of benzene rings is 1. The van der Waals surface area contributed by atoms with E-state index in [0.29, 0.717) is 6.10 Å². The first-order chi connectivity index (χ1) is 9.79. The van der Waals surface area contributed by atoms with Crippen molar-refractivity contribution in [3.8, 4) is 0 Å². The first-order valence-corrected chi connectivity index (χ1v) is 7.71. The number of ether oxygens (including phenoxy) is 1. The number of anilines is 1. The van der Waals surface area contributed by atoms with Gasteiger partial charge in [-0.1, -0.05) is 28.1 Å². The van der Waals surface area contributed by atoms with E-state index in [2.05, 4.69) is 38.5 Å². The van der Waals surface area contributed by atoms with Crippen LogP contribution in [0.4, 0.5) is 5.69 Å². The second kappa shape index (κ2) is 6.41. The quantitative estimate of drug-likeness (QED) is 0.909. The molecule has 3 rings (SSSR count). The van der Waals surface area contributed by atoms with Gasteiger partial charge < -0.3 is 10.1 Å². The molecule has 0 saturated carbocycles. The fourth-order valence-electron chi connectivity index (χ4n) is 2.40. The Labute approximate surface area is 127 Å². The van der Waals surface area contributed by atoms with E-state index in [1.807, 2.05) is 29.2 Å². The lowest BCUT2D eigenvalue weighted by molar-refractivity contribution is 0.0940. The van der Waals surface area contributed by atoms with Gasteiger partial charge in [-0.3, -0.25) is 4.68 Å². The number of aromatic nitrogens is 2. The molecule has 0 aliphatic carbocycles. The van der Waals surface area contributed by atoms with Gasteiger partial charge in [-0.15, -0.1) is 0 Å². The second-order valence-corrected chi connectivity index (χ2v) is 5.99. The molecule has 0 spiro atoms. The van der Waals surface area contributed by atoms with Crippen LogP contribution in [-0.4, -0.2) is 22.5 Å². The topological polar surface area (TPSA) is 39.1 Å². The number of hydrogen-bond donors (Lipinski definition) is 1. The first-order valence-electron chi connectivity index (χ1n) is 6.92. The van der Waals surface area contributed by atoms with Crippen LogP contribution in [0.15, 0.2) is 41.1 Å². The molecule has 0 amide bonds. The minimum atomic E-state index is 0.327. The summed E-state index contributed by atoms with van der Waals surface area (Å²) in [6, 6.07) is 8.30. The highest BCUT2D eigenvalue weighted by atomic mass is 79.9. The maximum atomic E-state index is 5.62. The number of nitrogens with one attached hydrogen (secondary N) is 1. The fourth-order valence-corrected chi connectivity index (χ4v) is 2.85. The third kappa shape index (κ3) is 3.61. The van der Waals surface area contributed by atoms with Crippen LogP contribution < -0.4 is 5.32 Å². The summed E-state index contributed by atoms with van der Waals surface area (Å²) in [6.45, 7) is 2.53. The number of nitrogens with zero attached hydrogens (tertiary/aromatic N) is 2. The Morgan fingerprint density at radius 1 is 1.45 bits per heavy atom. The Morgan fingerprint density at radius 2 is 2.40 bits per heavy atom. The SMILES string of the molecule is Brc1cccc(CNc2cnn(CC3CCCO3)c2)c1. The lowest BCUT2D eigenvalue weighted by atomic mass is 10.2. The Bertz CT molecular complexity index is 564. The summed E-state index contributed by atoms with van der Waals surface area (Å²) in [5.74, 6) is 0. The Balaban J connectivity index is 1.54. The smallest absolute Gasteiger partial charge is 0.0771 e. The predicted molar refractivity (Wildman–Crippen MR) is 82.7 cm³/mol. The van der Waals surface area contributed by atoms with Gasteiger partial charge in [0.1, 0.15) is 0 Å². The largest absolute Gasteiger partial charge is 0.378 e. The van der Waals surface area contributed by atoms with Crippen molar-refractivity contribution in [2.24, 2.45) is 0 Å². The second-order valence-electron chi connectivity index (χ2n) is 5.07. The van der Waals surface area contributed by atoms with Crippen LogP contribution in [0.25, 0.3) is 0 Å². The molecule has 20 heavy (non-hydrogen) atoms. The third-order valence-corrected chi connectivity index (χ3v) is 3.93. The van der Waals surface area contributed by atoms with E-state index in [1.54, 1.807) is 0 Å². The third-order valence-electron chi connectivity index (χ3n) is 3.43.